The van der Waals surface area contributed by atoms with Gasteiger partial charge in [0.25, 0.3) is 11.8 Å². The van der Waals surface area contributed by atoms with Crippen molar-refractivity contribution in [2.75, 3.05) is 18.4 Å². The molecule has 0 atom stereocenters. The molecule has 1 aliphatic rings. The van der Waals surface area contributed by atoms with Crippen molar-refractivity contribution in [3.05, 3.63) is 66.0 Å². The molecule has 0 radical (unpaired) electrons. The Morgan fingerprint density at radius 1 is 1.03 bits per heavy atom. The average Bonchev–Trinajstić information content (AvgIpc) is 3.20. The third-order valence-corrected chi connectivity index (χ3v) is 5.10. The maximum absolute atomic E-state index is 12.8. The number of benzene rings is 2. The van der Waals surface area contributed by atoms with Gasteiger partial charge in [-0.15, -0.1) is 0 Å². The van der Waals surface area contributed by atoms with E-state index < -0.39 is 0 Å². The number of rotatable bonds is 4. The number of carbonyl (C=O) groups is 2. The summed E-state index contributed by atoms with van der Waals surface area (Å²) in [5, 5.41) is 6.73. The number of carbonyl (C=O) groups excluding carboxylic acids is 2. The predicted molar refractivity (Wildman–Crippen MR) is 108 cm³/mol. The largest absolute Gasteiger partial charge is 0.339 e. The number of hydrogen-bond donors (Lipinski definition) is 1. The lowest BCUT2D eigenvalue weighted by Crippen LogP contribution is -2.41. The Morgan fingerprint density at radius 2 is 1.72 bits per heavy atom. The Hall–Kier alpha value is -3.48. The molecule has 0 aliphatic carbocycles. The monoisotopic (exact) mass is 390 g/mol. The molecule has 0 bridgehead atoms. The number of amides is 2. The number of anilines is 1. The van der Waals surface area contributed by atoms with Gasteiger partial charge < -0.3 is 14.7 Å². The van der Waals surface area contributed by atoms with Crippen molar-refractivity contribution in [1.29, 1.82) is 0 Å². The van der Waals surface area contributed by atoms with Gasteiger partial charge in [-0.25, -0.2) is 0 Å². The van der Waals surface area contributed by atoms with Crippen molar-refractivity contribution in [2.24, 2.45) is 5.92 Å². The van der Waals surface area contributed by atoms with Gasteiger partial charge in [0.2, 0.25) is 5.91 Å². The number of likely N-dealkylation sites (tertiary alicyclic amines) is 1. The Labute approximate surface area is 168 Å². The first-order valence-electron chi connectivity index (χ1n) is 9.66. The van der Waals surface area contributed by atoms with Gasteiger partial charge >= 0.3 is 0 Å². The summed E-state index contributed by atoms with van der Waals surface area (Å²) in [6.07, 6.45) is 1.31. The molecule has 0 spiro atoms. The third kappa shape index (κ3) is 4.34. The van der Waals surface area contributed by atoms with Crippen LogP contribution in [0.25, 0.3) is 11.5 Å². The van der Waals surface area contributed by atoms with Gasteiger partial charge in [-0.1, -0.05) is 23.4 Å². The number of nitrogens with one attached hydrogen (secondary N) is 1. The lowest BCUT2D eigenvalue weighted by Gasteiger charge is -2.31. The summed E-state index contributed by atoms with van der Waals surface area (Å²) in [5.74, 6) is 0.913. The van der Waals surface area contributed by atoms with E-state index in [9.17, 15) is 9.59 Å². The zero-order chi connectivity index (χ0) is 20.2. The predicted octanol–water partition coefficient (Wildman–Crippen LogP) is 3.54. The summed E-state index contributed by atoms with van der Waals surface area (Å²) < 4.78 is 5.15. The summed E-state index contributed by atoms with van der Waals surface area (Å²) >= 11 is 0. The first-order chi connectivity index (χ1) is 14.1. The van der Waals surface area contributed by atoms with Crippen LogP contribution in [0.5, 0.6) is 0 Å². The van der Waals surface area contributed by atoms with E-state index in [2.05, 4.69) is 15.5 Å². The van der Waals surface area contributed by atoms with Gasteiger partial charge in [0, 0.05) is 35.8 Å². The second kappa shape index (κ2) is 8.26. The molecular weight excluding hydrogens is 368 g/mol. The van der Waals surface area contributed by atoms with Crippen molar-refractivity contribution in [1.82, 2.24) is 15.0 Å². The Kier molecular flexibility index (Phi) is 5.37. The molecule has 4 rings (SSSR count). The minimum atomic E-state index is -0.0811. The fourth-order valence-corrected chi connectivity index (χ4v) is 3.46. The summed E-state index contributed by atoms with van der Waals surface area (Å²) in [7, 11) is 0. The fourth-order valence-electron chi connectivity index (χ4n) is 3.46. The highest BCUT2D eigenvalue weighted by Crippen LogP contribution is 2.22. The lowest BCUT2D eigenvalue weighted by atomic mass is 9.95. The van der Waals surface area contributed by atoms with Crippen LogP contribution in [0, 0.1) is 12.8 Å². The first-order valence-corrected chi connectivity index (χ1v) is 9.66. The van der Waals surface area contributed by atoms with Crippen LogP contribution < -0.4 is 5.32 Å². The van der Waals surface area contributed by atoms with E-state index in [0.717, 1.165) is 11.3 Å². The molecule has 1 N–H and O–H groups in total. The molecule has 7 nitrogen and oxygen atoms in total. The summed E-state index contributed by atoms with van der Waals surface area (Å²) in [6, 6.07) is 16.6. The quantitative estimate of drug-likeness (QED) is 0.736. The van der Waals surface area contributed by atoms with Crippen LogP contribution in [0.1, 0.15) is 29.0 Å². The zero-order valence-electron chi connectivity index (χ0n) is 16.2. The van der Waals surface area contributed by atoms with Crippen molar-refractivity contribution in [2.45, 2.75) is 19.8 Å². The molecule has 1 fully saturated rings. The molecule has 3 aromatic rings. The standard InChI is InChI=1S/C22H22N4O3/c1-15-23-21(29-25-15)17-7-9-18(10-8-17)22(28)26-13-11-16(12-14-26)20(27)24-19-5-3-2-4-6-19/h2-10,16H,11-14H2,1H3,(H,24,27). The molecule has 2 aromatic carbocycles. The van der Waals surface area contributed by atoms with E-state index in [1.165, 1.54) is 0 Å². The minimum Gasteiger partial charge on any atom is -0.339 e. The van der Waals surface area contributed by atoms with Crippen LogP contribution in [0.15, 0.2) is 59.1 Å². The number of piperidine rings is 1. The zero-order valence-corrected chi connectivity index (χ0v) is 16.2. The van der Waals surface area contributed by atoms with Crippen molar-refractivity contribution in [3.63, 3.8) is 0 Å². The second-order valence-corrected chi connectivity index (χ2v) is 7.15. The molecule has 29 heavy (non-hydrogen) atoms. The Bertz CT molecular complexity index is 990. The van der Waals surface area contributed by atoms with Crippen LogP contribution in [0.3, 0.4) is 0 Å². The van der Waals surface area contributed by atoms with E-state index in [4.69, 9.17) is 4.52 Å². The van der Waals surface area contributed by atoms with Crippen molar-refractivity contribution in [3.8, 4) is 11.5 Å². The normalized spacial score (nSPS) is 14.6. The lowest BCUT2D eigenvalue weighted by molar-refractivity contribution is -0.121. The van der Waals surface area contributed by atoms with Gasteiger partial charge in [-0.3, -0.25) is 9.59 Å². The molecule has 2 amide bonds. The fraction of sp³-hybridized carbons (Fsp3) is 0.273. The highest BCUT2D eigenvalue weighted by Gasteiger charge is 2.28. The van der Waals surface area contributed by atoms with E-state index in [1.54, 1.807) is 36.1 Å². The smallest absolute Gasteiger partial charge is 0.257 e. The SMILES string of the molecule is Cc1noc(-c2ccc(C(=O)N3CCC(C(=O)Nc4ccccc4)CC3)cc2)n1. The summed E-state index contributed by atoms with van der Waals surface area (Å²) in [6.45, 7) is 2.89. The second-order valence-electron chi connectivity index (χ2n) is 7.15. The van der Waals surface area contributed by atoms with Crippen LogP contribution in [0.2, 0.25) is 0 Å². The van der Waals surface area contributed by atoms with Gasteiger partial charge in [0.15, 0.2) is 5.82 Å². The van der Waals surface area contributed by atoms with Gasteiger partial charge in [0.05, 0.1) is 0 Å². The van der Waals surface area contributed by atoms with E-state index in [1.807, 2.05) is 30.3 Å². The third-order valence-electron chi connectivity index (χ3n) is 5.10. The number of aromatic nitrogens is 2. The Balaban J connectivity index is 1.33. The van der Waals surface area contributed by atoms with E-state index in [-0.39, 0.29) is 17.7 Å². The first kappa shape index (κ1) is 18.9. The molecule has 1 saturated heterocycles. The van der Waals surface area contributed by atoms with Crippen LogP contribution in [0.4, 0.5) is 5.69 Å². The van der Waals surface area contributed by atoms with Gasteiger partial charge in [-0.05, 0) is 56.2 Å². The molecule has 1 aliphatic heterocycles. The summed E-state index contributed by atoms with van der Waals surface area (Å²) in [5.41, 5.74) is 2.18. The number of hydrogen-bond acceptors (Lipinski definition) is 5. The van der Waals surface area contributed by atoms with Crippen molar-refractivity contribution >= 4 is 17.5 Å². The molecule has 7 heteroatoms. The van der Waals surface area contributed by atoms with Crippen LogP contribution in [-0.4, -0.2) is 39.9 Å². The highest BCUT2D eigenvalue weighted by atomic mass is 16.5. The Morgan fingerprint density at radius 3 is 2.34 bits per heavy atom. The molecule has 148 valence electrons. The maximum Gasteiger partial charge on any atom is 0.257 e. The van der Waals surface area contributed by atoms with E-state index >= 15 is 0 Å². The van der Waals surface area contributed by atoms with Gasteiger partial charge in [0.1, 0.15) is 0 Å². The molecule has 2 heterocycles. The average molecular weight is 390 g/mol. The molecule has 1 aromatic heterocycles. The maximum atomic E-state index is 12.8. The van der Waals surface area contributed by atoms with E-state index in [0.29, 0.717) is 43.2 Å². The number of nitrogens with zero attached hydrogens (tertiary/aromatic N) is 3. The van der Waals surface area contributed by atoms with Crippen LogP contribution in [-0.2, 0) is 4.79 Å². The minimum absolute atomic E-state index is 0.0162. The number of para-hydroxylation sites is 1. The number of aryl methyl sites for hydroxylation is 1. The molecule has 0 unspecified atom stereocenters. The van der Waals surface area contributed by atoms with Crippen LogP contribution >= 0.6 is 0 Å². The molecule has 0 saturated carbocycles. The highest BCUT2D eigenvalue weighted by molar-refractivity contribution is 5.95. The topological polar surface area (TPSA) is 88.3 Å². The summed E-state index contributed by atoms with van der Waals surface area (Å²) in [4.78, 5) is 31.2. The van der Waals surface area contributed by atoms with Gasteiger partial charge in [-0.2, -0.15) is 4.98 Å². The van der Waals surface area contributed by atoms with Crippen molar-refractivity contribution < 1.29 is 14.1 Å². The molecular formula is C22H22N4O3.